The molecule has 10 rings (SSSR count). The monoisotopic (exact) mass is 714 g/mol. The van der Waals surface area contributed by atoms with Crippen molar-refractivity contribution in [2.45, 2.75) is 0 Å². The summed E-state index contributed by atoms with van der Waals surface area (Å²) >= 11 is 0. The fourth-order valence-corrected chi connectivity index (χ4v) is 7.60. The molecule has 0 N–H and O–H groups in total. The number of nitrogens with zero attached hydrogens (tertiary/aromatic N) is 4. The second kappa shape index (κ2) is 14.3. The van der Waals surface area contributed by atoms with Crippen LogP contribution in [0.2, 0.25) is 0 Å². The van der Waals surface area contributed by atoms with Crippen LogP contribution in [0.25, 0.3) is 100 Å². The van der Waals surface area contributed by atoms with E-state index in [1.165, 1.54) is 21.5 Å². The number of pyridine rings is 1. The van der Waals surface area contributed by atoms with E-state index in [4.69, 9.17) is 19.9 Å². The maximum atomic E-state index is 5.17. The first-order valence-electron chi connectivity index (χ1n) is 18.8. The molecule has 8 aromatic carbocycles. The van der Waals surface area contributed by atoms with E-state index in [1.807, 2.05) is 30.6 Å². The fraction of sp³-hybridized carbons (Fsp3) is 0. The Hall–Kier alpha value is -7.56. The third kappa shape index (κ3) is 6.29. The number of hydrogen-bond acceptors (Lipinski definition) is 4. The zero-order valence-electron chi connectivity index (χ0n) is 30.4. The highest BCUT2D eigenvalue weighted by Crippen LogP contribution is 2.38. The van der Waals surface area contributed by atoms with Crippen LogP contribution < -0.4 is 0 Å². The minimum absolute atomic E-state index is 0.599. The van der Waals surface area contributed by atoms with Gasteiger partial charge in [0.25, 0.3) is 0 Å². The Morgan fingerprint density at radius 2 is 0.679 bits per heavy atom. The van der Waals surface area contributed by atoms with Crippen molar-refractivity contribution in [2.75, 3.05) is 0 Å². The first-order valence-corrected chi connectivity index (χ1v) is 18.8. The van der Waals surface area contributed by atoms with Gasteiger partial charge in [0.2, 0.25) is 0 Å². The van der Waals surface area contributed by atoms with Crippen LogP contribution in [0.15, 0.2) is 207 Å². The normalized spacial score (nSPS) is 11.2. The molecule has 0 saturated heterocycles. The van der Waals surface area contributed by atoms with Crippen molar-refractivity contribution in [3.8, 4) is 78.7 Å². The fourth-order valence-electron chi connectivity index (χ4n) is 7.60. The van der Waals surface area contributed by atoms with E-state index >= 15 is 0 Å². The van der Waals surface area contributed by atoms with Gasteiger partial charge in [-0.2, -0.15) is 0 Å². The molecule has 2 aromatic heterocycles. The van der Waals surface area contributed by atoms with Crippen LogP contribution in [0.1, 0.15) is 0 Å². The summed E-state index contributed by atoms with van der Waals surface area (Å²) in [4.78, 5) is 20.2. The maximum Gasteiger partial charge on any atom is 0.164 e. The lowest BCUT2D eigenvalue weighted by atomic mass is 9.92. The zero-order chi connectivity index (χ0) is 37.3. The second-order valence-electron chi connectivity index (χ2n) is 13.9. The third-order valence-electron chi connectivity index (χ3n) is 10.4. The summed E-state index contributed by atoms with van der Waals surface area (Å²) in [5.41, 5.74) is 11.5. The first-order chi connectivity index (χ1) is 27.7. The molecule has 0 bridgehead atoms. The number of fused-ring (bicyclic) bond motifs is 3. The predicted molar refractivity (Wildman–Crippen MR) is 231 cm³/mol. The molecule has 4 nitrogen and oxygen atoms in total. The minimum Gasteiger partial charge on any atom is -0.263 e. The molecule has 56 heavy (non-hydrogen) atoms. The van der Waals surface area contributed by atoms with Gasteiger partial charge in [-0.25, -0.2) is 15.0 Å². The van der Waals surface area contributed by atoms with Gasteiger partial charge in [0.15, 0.2) is 17.5 Å². The molecule has 0 atom stereocenters. The van der Waals surface area contributed by atoms with Crippen molar-refractivity contribution < 1.29 is 0 Å². The summed E-state index contributed by atoms with van der Waals surface area (Å²) < 4.78 is 0. The Bertz CT molecular complexity index is 2890. The van der Waals surface area contributed by atoms with Gasteiger partial charge in [-0.05, 0) is 67.1 Å². The molecule has 0 saturated carbocycles. The van der Waals surface area contributed by atoms with Gasteiger partial charge in [-0.1, -0.05) is 182 Å². The summed E-state index contributed by atoms with van der Waals surface area (Å²) in [6.45, 7) is 0. The topological polar surface area (TPSA) is 51.6 Å². The molecule has 0 spiro atoms. The number of hydrogen-bond donors (Lipinski definition) is 0. The van der Waals surface area contributed by atoms with E-state index in [9.17, 15) is 0 Å². The average molecular weight is 715 g/mol. The van der Waals surface area contributed by atoms with Crippen LogP contribution in [0.3, 0.4) is 0 Å². The molecule has 262 valence electrons. The quantitative estimate of drug-likeness (QED) is 0.154. The molecular formula is C52H34N4. The predicted octanol–water partition coefficient (Wildman–Crippen LogP) is 13.2. The molecule has 10 aromatic rings. The van der Waals surface area contributed by atoms with Crippen molar-refractivity contribution in [1.82, 2.24) is 19.9 Å². The summed E-state index contributed by atoms with van der Waals surface area (Å²) in [7, 11) is 0. The van der Waals surface area contributed by atoms with E-state index in [2.05, 4.69) is 176 Å². The molecule has 0 aliphatic rings. The average Bonchev–Trinajstić information content (AvgIpc) is 3.29. The Morgan fingerprint density at radius 1 is 0.250 bits per heavy atom. The third-order valence-corrected chi connectivity index (χ3v) is 10.4. The van der Waals surface area contributed by atoms with Crippen LogP contribution in [0.5, 0.6) is 0 Å². The van der Waals surface area contributed by atoms with Gasteiger partial charge in [0.1, 0.15) is 0 Å². The van der Waals surface area contributed by atoms with Crippen molar-refractivity contribution in [1.29, 1.82) is 0 Å². The summed E-state index contributed by atoms with van der Waals surface area (Å²) in [5, 5.41) is 4.87. The number of benzene rings is 8. The van der Waals surface area contributed by atoms with Crippen LogP contribution in [0, 0.1) is 0 Å². The molecular weight excluding hydrogens is 681 g/mol. The highest BCUT2D eigenvalue weighted by molar-refractivity contribution is 6.13. The molecule has 0 amide bonds. The minimum atomic E-state index is 0.599. The van der Waals surface area contributed by atoms with Crippen molar-refractivity contribution in [2.24, 2.45) is 0 Å². The SMILES string of the molecule is c1ccc(-c2ccc(-c3nc(-c4ccc(-c5ccccc5)cc4)nc(-c4ccccc4-c4cncc(-c5cc6ccccc6c6ccccc56)c4)n3)cc2)cc1. The Morgan fingerprint density at radius 3 is 1.29 bits per heavy atom. The number of rotatable bonds is 7. The van der Waals surface area contributed by atoms with Crippen molar-refractivity contribution in [3.63, 3.8) is 0 Å². The number of aromatic nitrogens is 4. The van der Waals surface area contributed by atoms with Gasteiger partial charge in [-0.3, -0.25) is 4.98 Å². The molecule has 0 aliphatic heterocycles. The van der Waals surface area contributed by atoms with Crippen LogP contribution in [-0.4, -0.2) is 19.9 Å². The smallest absolute Gasteiger partial charge is 0.164 e. The Balaban J connectivity index is 1.10. The van der Waals surface area contributed by atoms with E-state index < -0.39 is 0 Å². The molecule has 0 aliphatic carbocycles. The van der Waals surface area contributed by atoms with Crippen LogP contribution in [-0.2, 0) is 0 Å². The molecule has 0 fully saturated rings. The standard InChI is InChI=1S/C52H34N4/c1-3-13-35(14-4-1)37-23-27-39(28-24-37)50-54-51(40-29-25-38(26-30-40)36-15-5-2-6-16-36)56-52(55-50)48-22-12-9-19-45(48)42-31-43(34-53-33-42)49-32-41-17-7-8-18-44(41)46-20-10-11-21-47(46)49/h1-34H. The van der Waals surface area contributed by atoms with Gasteiger partial charge in [-0.15, -0.1) is 0 Å². The summed E-state index contributed by atoms with van der Waals surface area (Å²) in [6, 6.07) is 67.7. The zero-order valence-corrected chi connectivity index (χ0v) is 30.4. The molecule has 0 unspecified atom stereocenters. The van der Waals surface area contributed by atoms with E-state index in [0.717, 1.165) is 61.2 Å². The molecule has 4 heteroatoms. The summed E-state index contributed by atoms with van der Waals surface area (Å²) in [5.74, 6) is 1.82. The van der Waals surface area contributed by atoms with Gasteiger partial charge >= 0.3 is 0 Å². The van der Waals surface area contributed by atoms with Crippen LogP contribution >= 0.6 is 0 Å². The molecule has 2 heterocycles. The van der Waals surface area contributed by atoms with Gasteiger partial charge in [0, 0.05) is 40.2 Å². The second-order valence-corrected chi connectivity index (χ2v) is 13.9. The Labute approximate surface area is 325 Å². The van der Waals surface area contributed by atoms with Crippen LogP contribution in [0.4, 0.5) is 0 Å². The van der Waals surface area contributed by atoms with E-state index in [-0.39, 0.29) is 0 Å². The lowest BCUT2D eigenvalue weighted by Gasteiger charge is -2.14. The van der Waals surface area contributed by atoms with E-state index in [1.54, 1.807) is 0 Å². The van der Waals surface area contributed by atoms with Gasteiger partial charge in [0.05, 0.1) is 0 Å². The largest absolute Gasteiger partial charge is 0.263 e. The molecule has 0 radical (unpaired) electrons. The summed E-state index contributed by atoms with van der Waals surface area (Å²) in [6.07, 6.45) is 3.89. The highest BCUT2D eigenvalue weighted by Gasteiger charge is 2.17. The lowest BCUT2D eigenvalue weighted by molar-refractivity contribution is 1.07. The maximum absolute atomic E-state index is 5.17. The highest BCUT2D eigenvalue weighted by atomic mass is 15.0. The van der Waals surface area contributed by atoms with E-state index in [0.29, 0.717) is 17.5 Å². The Kier molecular flexibility index (Phi) is 8.47. The lowest BCUT2D eigenvalue weighted by Crippen LogP contribution is -2.01. The van der Waals surface area contributed by atoms with Crippen molar-refractivity contribution in [3.05, 3.63) is 207 Å². The van der Waals surface area contributed by atoms with Crippen molar-refractivity contribution >= 4 is 21.5 Å². The first kappa shape index (κ1) is 33.0. The van der Waals surface area contributed by atoms with Gasteiger partial charge < -0.3 is 0 Å².